The number of rotatable bonds is 3. The van der Waals surface area contributed by atoms with E-state index in [2.05, 4.69) is 0 Å². The standard InChI is InChI=1S/C17H28N2O5/c1-17(2,3)24-16(22)19-10-7-13(19)15(21)18-8-5-12(6-9-18)11-14(20)23-4/h12-13H,5-11H2,1-4H3/t13-/m1/s1. The molecule has 0 aromatic rings. The Morgan fingerprint density at radius 1 is 1.04 bits per heavy atom. The molecule has 7 heteroatoms. The highest BCUT2D eigenvalue weighted by Crippen LogP contribution is 2.26. The summed E-state index contributed by atoms with van der Waals surface area (Å²) in [7, 11) is 1.39. The van der Waals surface area contributed by atoms with Crippen LogP contribution in [-0.4, -0.2) is 66.2 Å². The van der Waals surface area contributed by atoms with Crippen molar-refractivity contribution in [3.63, 3.8) is 0 Å². The van der Waals surface area contributed by atoms with Gasteiger partial charge in [-0.1, -0.05) is 0 Å². The highest BCUT2D eigenvalue weighted by molar-refractivity contribution is 5.87. The van der Waals surface area contributed by atoms with Gasteiger partial charge in [-0.25, -0.2) is 4.79 Å². The first kappa shape index (κ1) is 18.5. The maximum atomic E-state index is 12.6. The fourth-order valence-corrected chi connectivity index (χ4v) is 3.07. The molecule has 0 bridgehead atoms. The largest absolute Gasteiger partial charge is 0.469 e. The van der Waals surface area contributed by atoms with E-state index in [9.17, 15) is 14.4 Å². The molecule has 7 nitrogen and oxygen atoms in total. The molecule has 2 rings (SSSR count). The molecule has 0 N–H and O–H groups in total. The van der Waals surface area contributed by atoms with Crippen LogP contribution in [0.15, 0.2) is 0 Å². The zero-order valence-corrected chi connectivity index (χ0v) is 15.0. The summed E-state index contributed by atoms with van der Waals surface area (Å²) < 4.78 is 10.0. The molecule has 2 amide bonds. The van der Waals surface area contributed by atoms with Gasteiger partial charge in [0.05, 0.1) is 7.11 Å². The topological polar surface area (TPSA) is 76.2 Å². The van der Waals surface area contributed by atoms with E-state index in [4.69, 9.17) is 9.47 Å². The summed E-state index contributed by atoms with van der Waals surface area (Å²) in [6, 6.07) is -0.406. The van der Waals surface area contributed by atoms with Crippen LogP contribution in [-0.2, 0) is 19.1 Å². The summed E-state index contributed by atoms with van der Waals surface area (Å²) in [6.07, 6.45) is 2.25. The summed E-state index contributed by atoms with van der Waals surface area (Å²) in [4.78, 5) is 39.4. The molecule has 2 saturated heterocycles. The molecular weight excluding hydrogens is 312 g/mol. The summed E-state index contributed by atoms with van der Waals surface area (Å²) in [6.45, 7) is 7.25. The predicted molar refractivity (Wildman–Crippen MR) is 87.3 cm³/mol. The van der Waals surface area contributed by atoms with Crippen LogP contribution in [0.25, 0.3) is 0 Å². The van der Waals surface area contributed by atoms with Gasteiger partial charge >= 0.3 is 12.1 Å². The number of likely N-dealkylation sites (tertiary alicyclic amines) is 2. The van der Waals surface area contributed by atoms with E-state index in [0.29, 0.717) is 32.5 Å². The van der Waals surface area contributed by atoms with Gasteiger partial charge in [0.15, 0.2) is 0 Å². The molecule has 24 heavy (non-hydrogen) atoms. The predicted octanol–water partition coefficient (Wildman–Crippen LogP) is 1.80. The molecule has 0 radical (unpaired) electrons. The Morgan fingerprint density at radius 3 is 2.12 bits per heavy atom. The average Bonchev–Trinajstić information content (AvgIpc) is 2.44. The zero-order chi connectivity index (χ0) is 17.9. The molecule has 1 atom stereocenters. The molecule has 2 fully saturated rings. The zero-order valence-electron chi connectivity index (χ0n) is 15.0. The van der Waals surface area contributed by atoms with Crippen molar-refractivity contribution in [1.29, 1.82) is 0 Å². The highest BCUT2D eigenvalue weighted by Gasteiger charge is 2.42. The third-order valence-electron chi connectivity index (χ3n) is 4.54. The second-order valence-corrected chi connectivity index (χ2v) is 7.53. The molecule has 136 valence electrons. The maximum Gasteiger partial charge on any atom is 0.410 e. The van der Waals surface area contributed by atoms with Crippen molar-refractivity contribution in [2.45, 2.75) is 58.1 Å². The van der Waals surface area contributed by atoms with Gasteiger partial charge in [-0.05, 0) is 46.0 Å². The van der Waals surface area contributed by atoms with Crippen LogP contribution in [0.2, 0.25) is 0 Å². The first-order valence-electron chi connectivity index (χ1n) is 8.56. The molecular formula is C17H28N2O5. The van der Waals surface area contributed by atoms with Gasteiger partial charge in [0.1, 0.15) is 11.6 Å². The molecule has 0 saturated carbocycles. The number of carbonyl (C=O) groups excluding carboxylic acids is 3. The molecule has 2 aliphatic rings. The number of amides is 2. The van der Waals surface area contributed by atoms with Gasteiger partial charge in [-0.15, -0.1) is 0 Å². The molecule has 2 aliphatic heterocycles. The summed E-state index contributed by atoms with van der Waals surface area (Å²) in [5, 5.41) is 0. The van der Waals surface area contributed by atoms with Crippen molar-refractivity contribution in [3.8, 4) is 0 Å². The SMILES string of the molecule is COC(=O)CC1CCN(C(=O)[C@H]2CCN2C(=O)OC(C)(C)C)CC1. The van der Waals surface area contributed by atoms with Crippen LogP contribution < -0.4 is 0 Å². The van der Waals surface area contributed by atoms with Crippen LogP contribution in [0.1, 0.15) is 46.5 Å². The number of piperidine rings is 1. The van der Waals surface area contributed by atoms with Crippen LogP contribution in [0.4, 0.5) is 4.79 Å². The molecule has 0 unspecified atom stereocenters. The minimum atomic E-state index is -0.563. The number of hydrogen-bond donors (Lipinski definition) is 0. The Morgan fingerprint density at radius 2 is 1.67 bits per heavy atom. The van der Waals surface area contributed by atoms with Gasteiger partial charge < -0.3 is 14.4 Å². The number of nitrogens with zero attached hydrogens (tertiary/aromatic N) is 2. The van der Waals surface area contributed by atoms with Gasteiger partial charge in [0, 0.05) is 26.1 Å². The summed E-state index contributed by atoms with van der Waals surface area (Å²) in [5.41, 5.74) is -0.563. The minimum Gasteiger partial charge on any atom is -0.469 e. The quantitative estimate of drug-likeness (QED) is 0.732. The lowest BCUT2D eigenvalue weighted by molar-refractivity contribution is -0.144. The van der Waals surface area contributed by atoms with E-state index >= 15 is 0 Å². The van der Waals surface area contributed by atoms with E-state index in [0.717, 1.165) is 12.8 Å². The van der Waals surface area contributed by atoms with Gasteiger partial charge in [-0.2, -0.15) is 0 Å². The van der Waals surface area contributed by atoms with Crippen molar-refractivity contribution >= 4 is 18.0 Å². The summed E-state index contributed by atoms with van der Waals surface area (Å²) >= 11 is 0. The van der Waals surface area contributed by atoms with Crippen LogP contribution in [0.3, 0.4) is 0 Å². The van der Waals surface area contributed by atoms with E-state index in [1.807, 2.05) is 20.8 Å². The lowest BCUT2D eigenvalue weighted by Gasteiger charge is -2.43. The van der Waals surface area contributed by atoms with Crippen molar-refractivity contribution in [3.05, 3.63) is 0 Å². The van der Waals surface area contributed by atoms with E-state index in [-0.39, 0.29) is 17.8 Å². The number of esters is 1. The molecule has 0 aromatic heterocycles. The second-order valence-electron chi connectivity index (χ2n) is 7.53. The second kappa shape index (κ2) is 7.40. The maximum absolute atomic E-state index is 12.6. The number of ether oxygens (including phenoxy) is 2. The monoisotopic (exact) mass is 340 g/mol. The highest BCUT2D eigenvalue weighted by atomic mass is 16.6. The first-order chi connectivity index (χ1) is 11.2. The Kier molecular flexibility index (Phi) is 5.72. The van der Waals surface area contributed by atoms with Crippen LogP contribution in [0.5, 0.6) is 0 Å². The Labute approximate surface area is 143 Å². The smallest absolute Gasteiger partial charge is 0.410 e. The lowest BCUT2D eigenvalue weighted by Crippen LogP contribution is -2.60. The third kappa shape index (κ3) is 4.61. The van der Waals surface area contributed by atoms with E-state index in [1.54, 1.807) is 4.90 Å². The Balaban J connectivity index is 1.83. The molecule has 0 spiro atoms. The summed E-state index contributed by atoms with van der Waals surface area (Å²) in [5.74, 6) is 0.0587. The van der Waals surface area contributed by atoms with E-state index < -0.39 is 17.7 Å². The number of hydrogen-bond acceptors (Lipinski definition) is 5. The van der Waals surface area contributed by atoms with Crippen LogP contribution >= 0.6 is 0 Å². The van der Waals surface area contributed by atoms with Crippen LogP contribution in [0, 0.1) is 5.92 Å². The van der Waals surface area contributed by atoms with Gasteiger partial charge in [0.25, 0.3) is 0 Å². The third-order valence-corrected chi connectivity index (χ3v) is 4.54. The van der Waals surface area contributed by atoms with E-state index in [1.165, 1.54) is 12.0 Å². The Bertz CT molecular complexity index is 492. The lowest BCUT2D eigenvalue weighted by atomic mass is 9.92. The van der Waals surface area contributed by atoms with Crippen molar-refractivity contribution in [2.24, 2.45) is 5.92 Å². The molecule has 2 heterocycles. The average molecular weight is 340 g/mol. The minimum absolute atomic E-state index is 0.0105. The fourth-order valence-electron chi connectivity index (χ4n) is 3.07. The fraction of sp³-hybridized carbons (Fsp3) is 0.824. The normalized spacial score (nSPS) is 21.9. The number of methoxy groups -OCH3 is 1. The van der Waals surface area contributed by atoms with Gasteiger partial charge in [0.2, 0.25) is 5.91 Å². The number of carbonyl (C=O) groups is 3. The molecule has 0 aliphatic carbocycles. The first-order valence-corrected chi connectivity index (χ1v) is 8.56. The Hall–Kier alpha value is -1.79. The van der Waals surface area contributed by atoms with Crippen molar-refractivity contribution < 1.29 is 23.9 Å². The van der Waals surface area contributed by atoms with Gasteiger partial charge in [-0.3, -0.25) is 14.5 Å². The van der Waals surface area contributed by atoms with Crippen molar-refractivity contribution in [2.75, 3.05) is 26.7 Å². The van der Waals surface area contributed by atoms with Crippen molar-refractivity contribution in [1.82, 2.24) is 9.80 Å². The molecule has 0 aromatic carbocycles.